The number of rotatable bonds is 6. The van der Waals surface area contributed by atoms with Crippen molar-refractivity contribution >= 4 is 5.91 Å². The number of amides is 1. The molecule has 1 rings (SSSR count). The molecule has 0 fully saturated rings. The third-order valence-electron chi connectivity index (χ3n) is 2.48. The van der Waals surface area contributed by atoms with Gasteiger partial charge in [0.15, 0.2) is 0 Å². The van der Waals surface area contributed by atoms with E-state index in [9.17, 15) is 9.18 Å². The lowest BCUT2D eigenvalue weighted by Gasteiger charge is -2.09. The first-order chi connectivity index (χ1) is 9.02. The summed E-state index contributed by atoms with van der Waals surface area (Å²) < 4.78 is 13.1. The van der Waals surface area contributed by atoms with Crippen molar-refractivity contribution in [2.75, 3.05) is 6.54 Å². The molecule has 0 spiro atoms. The smallest absolute Gasteiger partial charge is 0.221 e. The van der Waals surface area contributed by atoms with E-state index in [0.29, 0.717) is 30.6 Å². The van der Waals surface area contributed by atoms with Gasteiger partial charge in [0.25, 0.3) is 0 Å². The number of nitriles is 1. The Hall–Kier alpha value is -1.93. The number of halogens is 1. The van der Waals surface area contributed by atoms with Crippen molar-refractivity contribution in [2.45, 2.75) is 32.9 Å². The van der Waals surface area contributed by atoms with E-state index < -0.39 is 0 Å². The van der Waals surface area contributed by atoms with Crippen LogP contribution in [-0.4, -0.2) is 18.5 Å². The zero-order valence-electron chi connectivity index (χ0n) is 11.2. The Bertz CT molecular complexity index is 480. The average molecular weight is 263 g/mol. The lowest BCUT2D eigenvalue weighted by atomic mass is 10.1. The highest BCUT2D eigenvalue weighted by Gasteiger charge is 2.05. The molecule has 1 aromatic carbocycles. The molecule has 19 heavy (non-hydrogen) atoms. The van der Waals surface area contributed by atoms with Gasteiger partial charge in [0, 0.05) is 25.6 Å². The van der Waals surface area contributed by atoms with Gasteiger partial charge in [0.1, 0.15) is 5.82 Å². The Balaban J connectivity index is 2.40. The van der Waals surface area contributed by atoms with Crippen molar-refractivity contribution in [3.05, 3.63) is 35.1 Å². The fraction of sp³-hybridized carbons (Fsp3) is 0.429. The normalized spacial score (nSPS) is 10.3. The first kappa shape index (κ1) is 15.1. The highest BCUT2D eigenvalue weighted by molar-refractivity contribution is 5.76. The summed E-state index contributed by atoms with van der Waals surface area (Å²) in [4.78, 5) is 11.4. The number of hydrogen-bond acceptors (Lipinski definition) is 3. The van der Waals surface area contributed by atoms with Crippen molar-refractivity contribution in [1.29, 1.82) is 5.26 Å². The number of nitrogens with one attached hydrogen (secondary N) is 2. The standard InChI is InChI=1S/C14H18FN3O/c1-10(2)18-14(19)5-6-17-9-12-7-13(15)4-3-11(12)8-16/h3-4,7,10,17H,5-6,9H2,1-2H3,(H,18,19). The molecule has 1 aromatic rings. The molecule has 0 saturated heterocycles. The van der Waals surface area contributed by atoms with Crippen molar-refractivity contribution in [1.82, 2.24) is 10.6 Å². The molecular weight excluding hydrogens is 245 g/mol. The second-order valence-electron chi connectivity index (χ2n) is 4.56. The molecule has 0 heterocycles. The minimum absolute atomic E-state index is 0.0257. The van der Waals surface area contributed by atoms with Crippen molar-refractivity contribution in [2.24, 2.45) is 0 Å². The van der Waals surface area contributed by atoms with E-state index in [1.807, 2.05) is 19.9 Å². The second kappa shape index (κ2) is 7.49. The Morgan fingerprint density at radius 2 is 2.21 bits per heavy atom. The number of carbonyl (C=O) groups is 1. The minimum atomic E-state index is -0.367. The Morgan fingerprint density at radius 3 is 2.84 bits per heavy atom. The zero-order valence-corrected chi connectivity index (χ0v) is 11.2. The maximum absolute atomic E-state index is 13.1. The molecule has 2 N–H and O–H groups in total. The van der Waals surface area contributed by atoms with E-state index in [2.05, 4.69) is 10.6 Å². The van der Waals surface area contributed by atoms with Crippen LogP contribution < -0.4 is 10.6 Å². The molecule has 0 radical (unpaired) electrons. The highest BCUT2D eigenvalue weighted by Crippen LogP contribution is 2.09. The Labute approximate surface area is 112 Å². The molecule has 0 bridgehead atoms. The van der Waals surface area contributed by atoms with Crippen LogP contribution in [-0.2, 0) is 11.3 Å². The van der Waals surface area contributed by atoms with Crippen molar-refractivity contribution < 1.29 is 9.18 Å². The summed E-state index contributed by atoms with van der Waals surface area (Å²) in [5, 5.41) is 14.7. The summed E-state index contributed by atoms with van der Waals surface area (Å²) in [6, 6.07) is 6.19. The second-order valence-corrected chi connectivity index (χ2v) is 4.56. The van der Waals surface area contributed by atoms with Gasteiger partial charge in [-0.25, -0.2) is 4.39 Å². The summed E-state index contributed by atoms with van der Waals surface area (Å²) in [5.41, 5.74) is 1.05. The van der Waals surface area contributed by atoms with E-state index >= 15 is 0 Å². The van der Waals surface area contributed by atoms with Gasteiger partial charge < -0.3 is 10.6 Å². The molecule has 0 aromatic heterocycles. The highest BCUT2D eigenvalue weighted by atomic mass is 19.1. The van der Waals surface area contributed by atoms with Gasteiger partial charge in [0.05, 0.1) is 11.6 Å². The molecule has 5 heteroatoms. The third kappa shape index (κ3) is 5.49. The maximum atomic E-state index is 13.1. The summed E-state index contributed by atoms with van der Waals surface area (Å²) in [5.74, 6) is -0.393. The van der Waals surface area contributed by atoms with Gasteiger partial charge in [-0.05, 0) is 37.6 Å². The largest absolute Gasteiger partial charge is 0.354 e. The summed E-state index contributed by atoms with van der Waals surface area (Å²) in [7, 11) is 0. The van der Waals surface area contributed by atoms with E-state index in [1.54, 1.807) is 0 Å². The van der Waals surface area contributed by atoms with E-state index in [-0.39, 0.29) is 17.8 Å². The first-order valence-corrected chi connectivity index (χ1v) is 6.21. The number of nitrogens with zero attached hydrogens (tertiary/aromatic N) is 1. The Kier molecular flexibility index (Phi) is 5.97. The van der Waals surface area contributed by atoms with Gasteiger partial charge in [-0.15, -0.1) is 0 Å². The summed E-state index contributed by atoms with van der Waals surface area (Å²) in [6.45, 7) is 4.66. The van der Waals surface area contributed by atoms with Crippen LogP contribution in [0, 0.1) is 17.1 Å². The fourth-order valence-electron chi connectivity index (χ4n) is 1.64. The molecular formula is C14H18FN3O. The molecule has 0 aliphatic carbocycles. The predicted molar refractivity (Wildman–Crippen MR) is 70.7 cm³/mol. The van der Waals surface area contributed by atoms with Crippen LogP contribution in [0.4, 0.5) is 4.39 Å². The molecule has 0 unspecified atom stereocenters. The molecule has 0 aliphatic rings. The number of benzene rings is 1. The summed E-state index contributed by atoms with van der Waals surface area (Å²) in [6.07, 6.45) is 0.357. The monoisotopic (exact) mass is 263 g/mol. The lowest BCUT2D eigenvalue weighted by Crippen LogP contribution is -2.32. The van der Waals surface area contributed by atoms with Crippen molar-refractivity contribution in [3.8, 4) is 6.07 Å². The molecule has 0 aliphatic heterocycles. The first-order valence-electron chi connectivity index (χ1n) is 6.21. The molecule has 4 nitrogen and oxygen atoms in total. The SMILES string of the molecule is CC(C)NC(=O)CCNCc1cc(F)ccc1C#N. The lowest BCUT2D eigenvalue weighted by molar-refractivity contribution is -0.121. The van der Waals surface area contributed by atoms with Crippen LogP contribution in [0.1, 0.15) is 31.4 Å². The van der Waals surface area contributed by atoms with Gasteiger partial charge in [0.2, 0.25) is 5.91 Å². The minimum Gasteiger partial charge on any atom is -0.354 e. The van der Waals surface area contributed by atoms with Crippen LogP contribution in [0.15, 0.2) is 18.2 Å². The Morgan fingerprint density at radius 1 is 1.47 bits per heavy atom. The van der Waals surface area contributed by atoms with Crippen LogP contribution in [0.25, 0.3) is 0 Å². The van der Waals surface area contributed by atoms with Gasteiger partial charge in [-0.1, -0.05) is 0 Å². The molecule has 1 amide bonds. The molecule has 0 atom stereocenters. The molecule has 102 valence electrons. The zero-order chi connectivity index (χ0) is 14.3. The van der Waals surface area contributed by atoms with Crippen LogP contribution in [0.3, 0.4) is 0 Å². The van der Waals surface area contributed by atoms with E-state index in [4.69, 9.17) is 5.26 Å². The van der Waals surface area contributed by atoms with Crippen LogP contribution >= 0.6 is 0 Å². The predicted octanol–water partition coefficient (Wildman–Crippen LogP) is 1.70. The van der Waals surface area contributed by atoms with Crippen molar-refractivity contribution in [3.63, 3.8) is 0 Å². The van der Waals surface area contributed by atoms with E-state index in [1.165, 1.54) is 18.2 Å². The number of carbonyl (C=O) groups excluding carboxylic acids is 1. The van der Waals surface area contributed by atoms with Crippen LogP contribution in [0.2, 0.25) is 0 Å². The van der Waals surface area contributed by atoms with Gasteiger partial charge in [-0.2, -0.15) is 5.26 Å². The third-order valence-corrected chi connectivity index (χ3v) is 2.48. The topological polar surface area (TPSA) is 64.9 Å². The maximum Gasteiger partial charge on any atom is 0.221 e. The summed E-state index contributed by atoms with van der Waals surface area (Å²) >= 11 is 0. The fourth-order valence-corrected chi connectivity index (χ4v) is 1.64. The molecule has 0 saturated carbocycles. The van der Waals surface area contributed by atoms with Crippen LogP contribution in [0.5, 0.6) is 0 Å². The van der Waals surface area contributed by atoms with Gasteiger partial charge in [-0.3, -0.25) is 4.79 Å². The number of hydrogen-bond donors (Lipinski definition) is 2. The van der Waals surface area contributed by atoms with Gasteiger partial charge >= 0.3 is 0 Å². The quantitative estimate of drug-likeness (QED) is 0.768. The van der Waals surface area contributed by atoms with E-state index in [0.717, 1.165) is 0 Å². The average Bonchev–Trinajstić information content (AvgIpc) is 2.34.